The summed E-state index contributed by atoms with van der Waals surface area (Å²) in [6.07, 6.45) is 16.9. The number of hydrogen-bond acceptors (Lipinski definition) is 8. The van der Waals surface area contributed by atoms with E-state index in [9.17, 15) is 20.4 Å². The van der Waals surface area contributed by atoms with Crippen LogP contribution >= 0.6 is 0 Å². The van der Waals surface area contributed by atoms with Gasteiger partial charge in [0.15, 0.2) is 5.78 Å². The van der Waals surface area contributed by atoms with Gasteiger partial charge in [-0.15, -0.1) is 0 Å². The molecule has 0 radical (unpaired) electrons. The molecule has 18 atom stereocenters. The number of carbonyl (C=O) groups excluding carboxylic acids is 1. The molecule has 6 aliphatic carbocycles. The monoisotopic (exact) mass is 796 g/mol. The number of hydrogen-bond donors (Lipinski definition) is 6. The fraction of sp³-hybridized carbons (Fsp3) is 0.938. The highest BCUT2D eigenvalue weighted by atomic mass is 16.6. The molecule has 0 spiro atoms. The van der Waals surface area contributed by atoms with E-state index in [1.165, 1.54) is 19.3 Å². The Morgan fingerprint density at radius 2 is 1.81 bits per heavy atom. The minimum Gasteiger partial charge on any atom is -0.396 e. The van der Waals surface area contributed by atoms with Crippen LogP contribution in [-0.4, -0.2) is 87.2 Å². The number of aliphatic hydroxyl groups is 4. The molecule has 0 aromatic heterocycles. The fourth-order valence-corrected chi connectivity index (χ4v) is 16.7. The first kappa shape index (κ1) is 41.4. The number of ether oxygens (including phenoxy) is 2. The van der Waals surface area contributed by atoms with Crippen LogP contribution in [-0.2, 0) is 14.3 Å². The Balaban J connectivity index is 1.08. The maximum absolute atomic E-state index is 15.1. The molecule has 57 heavy (non-hydrogen) atoms. The van der Waals surface area contributed by atoms with Crippen LogP contribution in [0.2, 0.25) is 0 Å². The second kappa shape index (κ2) is 14.6. The molecule has 4 saturated carbocycles. The average molecular weight is 796 g/mol. The van der Waals surface area contributed by atoms with Crippen molar-refractivity contribution in [3.63, 3.8) is 0 Å². The molecular weight excluding hydrogens is 717 g/mol. The van der Waals surface area contributed by atoms with Gasteiger partial charge in [-0.2, -0.15) is 0 Å². The molecule has 3 heterocycles. The van der Waals surface area contributed by atoms with Crippen molar-refractivity contribution in [1.29, 1.82) is 0 Å². The molecule has 3 saturated heterocycles. The first-order valence-electron chi connectivity index (χ1n) is 24.0. The van der Waals surface area contributed by atoms with Gasteiger partial charge >= 0.3 is 0 Å². The number of rotatable bonds is 13. The van der Waals surface area contributed by atoms with E-state index in [0.29, 0.717) is 43.1 Å². The summed E-state index contributed by atoms with van der Waals surface area (Å²) in [4.78, 5) is 15.1. The van der Waals surface area contributed by atoms with Crippen molar-refractivity contribution in [3.8, 4) is 0 Å². The topological polar surface area (TPSA) is 162 Å². The van der Waals surface area contributed by atoms with Gasteiger partial charge in [-0.3, -0.25) is 10.5 Å². The van der Waals surface area contributed by atoms with Crippen LogP contribution in [0.15, 0.2) is 11.1 Å². The van der Waals surface area contributed by atoms with Gasteiger partial charge < -0.3 is 35.2 Å². The number of allylic oxidation sites excluding steroid dienone is 1. The van der Waals surface area contributed by atoms with Gasteiger partial charge in [0.1, 0.15) is 24.0 Å². The predicted octanol–water partition coefficient (Wildman–Crippen LogP) is 5.55. The zero-order valence-corrected chi connectivity index (χ0v) is 36.2. The van der Waals surface area contributed by atoms with Crippen molar-refractivity contribution in [3.05, 3.63) is 11.1 Å². The van der Waals surface area contributed by atoms with Gasteiger partial charge in [-0.1, -0.05) is 53.4 Å². The zero-order valence-electron chi connectivity index (χ0n) is 36.2. The van der Waals surface area contributed by atoms with E-state index >= 15 is 4.79 Å². The number of aliphatic hydroxyl groups excluding tert-OH is 2. The largest absolute Gasteiger partial charge is 0.396 e. The maximum atomic E-state index is 15.1. The Kier molecular flexibility index (Phi) is 10.6. The lowest BCUT2D eigenvalue weighted by molar-refractivity contribution is -0.699. The molecule has 3 aliphatic heterocycles. The minimum absolute atomic E-state index is 0.000871. The van der Waals surface area contributed by atoms with Crippen molar-refractivity contribution in [1.82, 2.24) is 0 Å². The van der Waals surface area contributed by atoms with E-state index < -0.39 is 39.8 Å². The number of ketones is 1. The molecule has 9 aliphatic rings. The first-order chi connectivity index (χ1) is 27.1. The van der Waals surface area contributed by atoms with Gasteiger partial charge in [0.05, 0.1) is 30.5 Å². The second-order valence-corrected chi connectivity index (χ2v) is 22.6. The molecule has 18 unspecified atom stereocenters. The molecule has 322 valence electrons. The lowest BCUT2D eigenvalue weighted by atomic mass is 9.35. The molecule has 0 bridgehead atoms. The summed E-state index contributed by atoms with van der Waals surface area (Å²) in [5, 5.41) is 51.2. The number of epoxide rings is 1. The van der Waals surface area contributed by atoms with E-state index in [0.717, 1.165) is 108 Å². The number of piperidine rings is 1. The molecule has 0 amide bonds. The number of Topliss-reactive ketones (excluding diaryl/α,β-unsaturated/α-hetero) is 1. The number of quaternary nitrogens is 1. The number of carbonyl (C=O) groups is 1. The van der Waals surface area contributed by atoms with E-state index in [1.54, 1.807) is 0 Å². The molecule has 9 rings (SSSR count). The van der Waals surface area contributed by atoms with Gasteiger partial charge in [0.25, 0.3) is 0 Å². The quantitative estimate of drug-likeness (QED) is 0.105. The summed E-state index contributed by atoms with van der Waals surface area (Å²) in [5.41, 5.74) is 3.87. The fourth-order valence-electron chi connectivity index (χ4n) is 16.7. The highest BCUT2D eigenvalue weighted by Gasteiger charge is 2.80. The zero-order chi connectivity index (χ0) is 40.3. The number of nitrogens with two attached hydrogens (primary N) is 2. The molecule has 0 aromatic rings. The maximum Gasteiger partial charge on any atom is 0.162 e. The van der Waals surface area contributed by atoms with Crippen LogP contribution in [0.3, 0.4) is 0 Å². The Labute approximate surface area is 343 Å². The van der Waals surface area contributed by atoms with E-state index in [-0.39, 0.29) is 53.7 Å². The summed E-state index contributed by atoms with van der Waals surface area (Å²) in [7, 11) is 0. The first-order valence-corrected chi connectivity index (χ1v) is 24.0. The predicted molar refractivity (Wildman–Crippen MR) is 218 cm³/mol. The number of unbranched alkanes of at least 4 members (excludes halogenated alkanes) is 3. The van der Waals surface area contributed by atoms with Crippen LogP contribution in [0.5, 0.6) is 0 Å². The third kappa shape index (κ3) is 5.91. The van der Waals surface area contributed by atoms with Crippen LogP contribution in [0.4, 0.5) is 0 Å². The van der Waals surface area contributed by atoms with Gasteiger partial charge in [-0.05, 0) is 155 Å². The lowest BCUT2D eigenvalue weighted by Crippen LogP contribution is -2.94. The average Bonchev–Trinajstić information content (AvgIpc) is 3.96. The highest BCUT2D eigenvalue weighted by molar-refractivity contribution is 6.00. The van der Waals surface area contributed by atoms with Gasteiger partial charge in [0.2, 0.25) is 0 Å². The molecule has 0 aromatic carbocycles. The van der Waals surface area contributed by atoms with Crippen molar-refractivity contribution < 1.29 is 40.0 Å². The van der Waals surface area contributed by atoms with Gasteiger partial charge in [-0.25, -0.2) is 0 Å². The van der Waals surface area contributed by atoms with Crippen LogP contribution in [0, 0.1) is 63.6 Å². The summed E-state index contributed by atoms with van der Waals surface area (Å²) < 4.78 is 14.1. The smallest absolute Gasteiger partial charge is 0.162 e. The summed E-state index contributed by atoms with van der Waals surface area (Å²) in [5.74, 6) is 1.97. The Morgan fingerprint density at radius 1 is 1.00 bits per heavy atom. The lowest BCUT2D eigenvalue weighted by Gasteiger charge is -2.70. The third-order valence-electron chi connectivity index (χ3n) is 19.8. The highest BCUT2D eigenvalue weighted by Crippen LogP contribution is 2.78. The van der Waals surface area contributed by atoms with Crippen molar-refractivity contribution in [2.45, 2.75) is 198 Å². The van der Waals surface area contributed by atoms with E-state index in [2.05, 4.69) is 26.1 Å². The van der Waals surface area contributed by atoms with Crippen molar-refractivity contribution >= 4 is 5.78 Å². The summed E-state index contributed by atoms with van der Waals surface area (Å²) in [6, 6.07) is 0. The molecule has 7 fully saturated rings. The van der Waals surface area contributed by atoms with Gasteiger partial charge in [0, 0.05) is 29.8 Å². The SMILES string of the molecule is CCCCCCC12C3CCC4CC5(C)C(C6(C7OC7C(C)(O)C(C)(CO)CCC7CC[NH2+]C(N)C7)CC(C)CCO6)CC6CCC(=C(C41)C65O)C(=O)C2CC(O)C3. The summed E-state index contributed by atoms with van der Waals surface area (Å²) >= 11 is 0. The molecular formula is C48H79N2O7+. The van der Waals surface area contributed by atoms with E-state index in [1.807, 2.05) is 13.8 Å². The van der Waals surface area contributed by atoms with Crippen LogP contribution in [0.1, 0.15) is 157 Å². The second-order valence-electron chi connectivity index (χ2n) is 22.6. The van der Waals surface area contributed by atoms with Crippen LogP contribution in [0.25, 0.3) is 0 Å². The third-order valence-corrected chi connectivity index (χ3v) is 19.8. The van der Waals surface area contributed by atoms with E-state index in [4.69, 9.17) is 15.2 Å². The molecule has 9 nitrogen and oxygen atoms in total. The van der Waals surface area contributed by atoms with Crippen LogP contribution < -0.4 is 11.1 Å². The normalized spacial score (nSPS) is 50.9. The Hall–Kier alpha value is -0.910. The minimum atomic E-state index is -1.29. The molecule has 8 N–H and O–H groups in total. The van der Waals surface area contributed by atoms with Crippen molar-refractivity contribution in [2.24, 2.45) is 69.3 Å². The summed E-state index contributed by atoms with van der Waals surface area (Å²) in [6.45, 7) is 12.4. The molecule has 9 heteroatoms. The Bertz CT molecular complexity index is 1580. The Morgan fingerprint density at radius 3 is 2.54 bits per heavy atom. The standard InChI is InChI=1S/C48H78N2O7/c1-6-7-8-9-17-46-31-11-10-30-26-44(4)36(23-32-12-13-34(39(38(30)46)48(32,44)55)40(53)35(46)24-33(52)22-31)47(25-28(2)16-20-56-47)42-41(57-42)45(5,54)43(3,27-51)18-14-29-15-19-50-37(49)21-29/h28-33,35-38,41-42,50-52,54-55H,6-27,49H2,1-5H3/p+1. The van der Waals surface area contributed by atoms with Crippen molar-refractivity contribution in [2.75, 3.05) is 19.8 Å².